The van der Waals surface area contributed by atoms with Crippen LogP contribution in [0.15, 0.2) is 78.2 Å². The summed E-state index contributed by atoms with van der Waals surface area (Å²) in [6.45, 7) is 10.1. The maximum atomic E-state index is 13.1. The third-order valence-corrected chi connectivity index (χ3v) is 5.26. The summed E-state index contributed by atoms with van der Waals surface area (Å²) in [5.41, 5.74) is 4.60. The van der Waals surface area contributed by atoms with Crippen molar-refractivity contribution in [3.05, 3.63) is 78.2 Å². The Morgan fingerprint density at radius 3 is 1.64 bits per heavy atom. The van der Waals surface area contributed by atoms with E-state index < -0.39 is 8.07 Å². The highest BCUT2D eigenvalue weighted by molar-refractivity contribution is 6.87. The Bertz CT molecular complexity index is 656. The van der Waals surface area contributed by atoms with Crippen LogP contribution in [0.3, 0.4) is 0 Å². The molecule has 2 nitrogen and oxygen atoms in total. The predicted octanol–water partition coefficient (Wildman–Crippen LogP) is 4.94. The minimum Gasteiger partial charge on any atom is -0.277 e. The number of hydrogen-bond donors (Lipinski definition) is 0. The molecule has 0 saturated carbocycles. The standard InChI is InChI=1S/C19H21NOSi/c1-5-18(22(2,3)4)19(21)20(16-12-8-6-9-13-16)17-14-10-7-11-15-17/h6-15H,1H2,2-4H3. The van der Waals surface area contributed by atoms with Gasteiger partial charge < -0.3 is 0 Å². The van der Waals surface area contributed by atoms with Gasteiger partial charge in [-0.3, -0.25) is 9.69 Å². The summed E-state index contributed by atoms with van der Waals surface area (Å²) in [5.74, 6) is -0.0356. The quantitative estimate of drug-likeness (QED) is 0.445. The topological polar surface area (TPSA) is 20.3 Å². The Kier molecular flexibility index (Phi) is 4.81. The zero-order valence-electron chi connectivity index (χ0n) is 13.3. The fourth-order valence-electron chi connectivity index (χ4n) is 2.31. The highest BCUT2D eigenvalue weighted by Gasteiger charge is 2.30. The number of rotatable bonds is 4. The summed E-state index contributed by atoms with van der Waals surface area (Å²) >= 11 is 0. The molecule has 2 aromatic carbocycles. The predicted molar refractivity (Wildman–Crippen MR) is 96.0 cm³/mol. The average molecular weight is 307 g/mol. The van der Waals surface area contributed by atoms with Crippen LogP contribution in [0.1, 0.15) is 0 Å². The smallest absolute Gasteiger partial charge is 0.262 e. The monoisotopic (exact) mass is 307 g/mol. The van der Waals surface area contributed by atoms with Gasteiger partial charge in [0.1, 0.15) is 0 Å². The largest absolute Gasteiger partial charge is 0.277 e. The minimum absolute atomic E-state index is 0.0356. The lowest BCUT2D eigenvalue weighted by Gasteiger charge is -2.27. The fourth-order valence-corrected chi connectivity index (χ4v) is 3.59. The van der Waals surface area contributed by atoms with Crippen LogP contribution in [-0.2, 0) is 4.79 Å². The second kappa shape index (κ2) is 6.61. The number of amides is 1. The van der Waals surface area contributed by atoms with Crippen LogP contribution < -0.4 is 4.90 Å². The van der Waals surface area contributed by atoms with Crippen LogP contribution in [0, 0.1) is 0 Å². The van der Waals surface area contributed by atoms with E-state index in [-0.39, 0.29) is 5.91 Å². The zero-order chi connectivity index (χ0) is 16.2. The molecule has 112 valence electrons. The van der Waals surface area contributed by atoms with Crippen molar-refractivity contribution in [2.75, 3.05) is 4.90 Å². The second-order valence-corrected chi connectivity index (χ2v) is 11.1. The first kappa shape index (κ1) is 16.0. The van der Waals surface area contributed by atoms with Crippen LogP contribution in [0.5, 0.6) is 0 Å². The van der Waals surface area contributed by atoms with Crippen LogP contribution in [0.25, 0.3) is 0 Å². The van der Waals surface area contributed by atoms with E-state index in [0.717, 1.165) is 11.4 Å². The first-order valence-corrected chi connectivity index (χ1v) is 10.8. The summed E-state index contributed by atoms with van der Waals surface area (Å²) in [6.07, 6.45) is 0. The molecule has 0 fully saturated rings. The normalized spacial score (nSPS) is 10.7. The molecule has 1 amide bonds. The van der Waals surface area contributed by atoms with E-state index in [4.69, 9.17) is 0 Å². The molecule has 0 bridgehead atoms. The van der Waals surface area contributed by atoms with E-state index in [0.29, 0.717) is 5.20 Å². The van der Waals surface area contributed by atoms with Crippen LogP contribution in [0.2, 0.25) is 19.6 Å². The Balaban J connectivity index is 2.56. The first-order valence-electron chi connectivity index (χ1n) is 7.30. The number of anilines is 2. The van der Waals surface area contributed by atoms with Crippen LogP contribution >= 0.6 is 0 Å². The molecular formula is C19H21NOSi. The lowest BCUT2D eigenvalue weighted by atomic mass is 10.2. The van der Waals surface area contributed by atoms with Gasteiger partial charge in [-0.25, -0.2) is 0 Å². The van der Waals surface area contributed by atoms with Gasteiger partial charge in [0.2, 0.25) is 0 Å². The number of nitrogens with zero attached hydrogens (tertiary/aromatic N) is 1. The van der Waals surface area contributed by atoms with Gasteiger partial charge in [0.15, 0.2) is 0 Å². The highest BCUT2D eigenvalue weighted by atomic mass is 28.3. The first-order chi connectivity index (χ1) is 10.4. The molecule has 0 aromatic heterocycles. The molecule has 0 aliphatic carbocycles. The average Bonchev–Trinajstić information content (AvgIpc) is 2.49. The summed E-state index contributed by atoms with van der Waals surface area (Å²) in [5, 5.41) is 0.709. The van der Waals surface area contributed by atoms with Crippen molar-refractivity contribution in [1.29, 1.82) is 0 Å². The SMILES string of the molecule is C=C=C(C(=O)N(c1ccccc1)c1ccccc1)[Si](C)(C)C. The summed E-state index contributed by atoms with van der Waals surface area (Å²) in [7, 11) is -1.83. The highest BCUT2D eigenvalue weighted by Crippen LogP contribution is 2.29. The van der Waals surface area contributed by atoms with E-state index in [1.165, 1.54) is 0 Å². The molecule has 0 N–H and O–H groups in total. The molecule has 0 unspecified atom stereocenters. The fraction of sp³-hybridized carbons (Fsp3) is 0.158. The van der Waals surface area contributed by atoms with Gasteiger partial charge in [-0.1, -0.05) is 62.6 Å². The lowest BCUT2D eigenvalue weighted by Crippen LogP contribution is -2.37. The van der Waals surface area contributed by atoms with Gasteiger partial charge in [0.05, 0.1) is 8.07 Å². The number of para-hydroxylation sites is 2. The van der Waals surface area contributed by atoms with E-state index in [1.54, 1.807) is 4.90 Å². The molecule has 0 spiro atoms. The van der Waals surface area contributed by atoms with Gasteiger partial charge in [-0.15, -0.1) is 5.73 Å². The molecule has 0 aliphatic rings. The van der Waals surface area contributed by atoms with Gasteiger partial charge in [-0.05, 0) is 24.3 Å². The molecule has 0 aliphatic heterocycles. The van der Waals surface area contributed by atoms with Gasteiger partial charge in [0, 0.05) is 16.6 Å². The van der Waals surface area contributed by atoms with E-state index in [2.05, 4.69) is 32.0 Å². The van der Waals surface area contributed by atoms with Crippen molar-refractivity contribution in [3.8, 4) is 0 Å². The third-order valence-electron chi connectivity index (χ3n) is 3.37. The molecule has 3 heteroatoms. The van der Waals surface area contributed by atoms with Crippen molar-refractivity contribution >= 4 is 25.4 Å². The molecule has 2 rings (SSSR count). The Morgan fingerprint density at radius 2 is 1.32 bits per heavy atom. The molecule has 0 atom stereocenters. The second-order valence-electron chi connectivity index (χ2n) is 6.11. The van der Waals surface area contributed by atoms with Crippen molar-refractivity contribution in [3.63, 3.8) is 0 Å². The minimum atomic E-state index is -1.83. The van der Waals surface area contributed by atoms with Crippen molar-refractivity contribution in [1.82, 2.24) is 0 Å². The molecule has 22 heavy (non-hydrogen) atoms. The van der Waals surface area contributed by atoms with E-state index in [9.17, 15) is 4.79 Å². The zero-order valence-corrected chi connectivity index (χ0v) is 14.3. The summed E-state index contributed by atoms with van der Waals surface area (Å²) in [6, 6.07) is 19.4. The number of hydrogen-bond acceptors (Lipinski definition) is 1. The molecule has 0 heterocycles. The Labute approximate surface area is 133 Å². The maximum Gasteiger partial charge on any atom is 0.262 e. The van der Waals surface area contributed by atoms with Crippen molar-refractivity contribution in [2.45, 2.75) is 19.6 Å². The lowest BCUT2D eigenvalue weighted by molar-refractivity contribution is -0.113. The summed E-state index contributed by atoms with van der Waals surface area (Å²) < 4.78 is 0. The van der Waals surface area contributed by atoms with Gasteiger partial charge >= 0.3 is 0 Å². The van der Waals surface area contributed by atoms with Gasteiger partial charge in [-0.2, -0.15) is 0 Å². The molecular weight excluding hydrogens is 286 g/mol. The molecule has 2 aromatic rings. The van der Waals surface area contributed by atoms with E-state index >= 15 is 0 Å². The number of carbonyl (C=O) groups is 1. The Hall–Kier alpha value is -2.35. The molecule has 0 radical (unpaired) electrons. The number of benzene rings is 2. The molecule has 0 saturated heterocycles. The van der Waals surface area contributed by atoms with Gasteiger partial charge in [0.25, 0.3) is 5.91 Å². The summed E-state index contributed by atoms with van der Waals surface area (Å²) in [4.78, 5) is 14.9. The van der Waals surface area contributed by atoms with Crippen molar-refractivity contribution in [2.24, 2.45) is 0 Å². The van der Waals surface area contributed by atoms with Crippen LogP contribution in [-0.4, -0.2) is 14.0 Å². The van der Waals surface area contributed by atoms with E-state index in [1.807, 2.05) is 60.7 Å². The maximum absolute atomic E-state index is 13.1. The number of carbonyl (C=O) groups excluding carboxylic acids is 1. The van der Waals surface area contributed by atoms with Crippen molar-refractivity contribution < 1.29 is 4.79 Å². The third kappa shape index (κ3) is 3.45. The van der Waals surface area contributed by atoms with Crippen LogP contribution in [0.4, 0.5) is 11.4 Å². The Morgan fingerprint density at radius 1 is 0.909 bits per heavy atom.